The summed E-state index contributed by atoms with van der Waals surface area (Å²) in [5.74, 6) is 1.29. The molecule has 0 bridgehead atoms. The molecule has 1 saturated heterocycles. The topological polar surface area (TPSA) is 120 Å². The number of fused-ring (bicyclic) bond motifs is 1. The maximum Gasteiger partial charge on any atom is 0.387 e. The molecule has 1 aromatic carbocycles. The van der Waals surface area contributed by atoms with E-state index in [-0.39, 0.29) is 11.1 Å². The fraction of sp³-hybridized carbons (Fsp3) is 0.350. The lowest BCUT2D eigenvalue weighted by Crippen LogP contribution is -2.35. The molecule has 0 radical (unpaired) electrons. The Morgan fingerprint density at radius 2 is 2.00 bits per heavy atom. The van der Waals surface area contributed by atoms with Crippen molar-refractivity contribution in [1.29, 1.82) is 5.41 Å². The first-order chi connectivity index (χ1) is 15.0. The van der Waals surface area contributed by atoms with Gasteiger partial charge in [-0.15, -0.1) is 0 Å². The molecule has 0 spiro atoms. The Labute approximate surface area is 176 Å². The number of ether oxygens (including phenoxy) is 1. The van der Waals surface area contributed by atoms with E-state index in [1.54, 1.807) is 12.1 Å². The molecule has 1 aliphatic heterocycles. The van der Waals surface area contributed by atoms with Gasteiger partial charge in [0.25, 0.3) is 5.56 Å². The highest BCUT2D eigenvalue weighted by Gasteiger charge is 2.22. The highest BCUT2D eigenvalue weighted by Crippen LogP contribution is 2.28. The SMILES string of the molecule is N=CCC1CCN(c2nc(Nc3ccc(OC(F)F)cc3)c3c(=O)[nH]ncc3n2)CC1. The Bertz CT molecular complexity index is 1110. The number of rotatable bonds is 7. The summed E-state index contributed by atoms with van der Waals surface area (Å²) >= 11 is 0. The Balaban J connectivity index is 1.64. The van der Waals surface area contributed by atoms with E-state index < -0.39 is 12.2 Å². The molecule has 9 nitrogen and oxygen atoms in total. The van der Waals surface area contributed by atoms with E-state index in [1.807, 2.05) is 4.90 Å². The first-order valence-electron chi connectivity index (χ1n) is 9.84. The van der Waals surface area contributed by atoms with Crippen molar-refractivity contribution in [2.24, 2.45) is 5.92 Å². The van der Waals surface area contributed by atoms with E-state index in [2.05, 4.69) is 30.2 Å². The average Bonchev–Trinajstić information content (AvgIpc) is 2.75. The number of piperidine rings is 1. The summed E-state index contributed by atoms with van der Waals surface area (Å²) in [6, 6.07) is 5.92. The van der Waals surface area contributed by atoms with Crippen LogP contribution in [0.4, 0.5) is 26.2 Å². The van der Waals surface area contributed by atoms with E-state index in [0.29, 0.717) is 28.9 Å². The van der Waals surface area contributed by atoms with Crippen LogP contribution in [-0.4, -0.2) is 46.1 Å². The van der Waals surface area contributed by atoms with E-state index >= 15 is 0 Å². The second-order valence-corrected chi connectivity index (χ2v) is 7.23. The minimum atomic E-state index is -2.90. The number of benzene rings is 1. The van der Waals surface area contributed by atoms with E-state index in [0.717, 1.165) is 32.4 Å². The quantitative estimate of drug-likeness (QED) is 0.493. The van der Waals surface area contributed by atoms with Gasteiger partial charge in [-0.2, -0.15) is 18.9 Å². The summed E-state index contributed by atoms with van der Waals surface area (Å²) in [5, 5.41) is 16.8. The van der Waals surface area contributed by atoms with Crippen molar-refractivity contribution < 1.29 is 13.5 Å². The Hall–Kier alpha value is -3.63. The van der Waals surface area contributed by atoms with Gasteiger partial charge in [-0.25, -0.2) is 10.1 Å². The van der Waals surface area contributed by atoms with Crippen LogP contribution < -0.4 is 20.5 Å². The van der Waals surface area contributed by atoms with Crippen LogP contribution >= 0.6 is 0 Å². The summed E-state index contributed by atoms with van der Waals surface area (Å²) in [6.07, 6.45) is 5.54. The zero-order chi connectivity index (χ0) is 21.8. The summed E-state index contributed by atoms with van der Waals surface area (Å²) < 4.78 is 29.1. The second kappa shape index (κ2) is 9.02. The van der Waals surface area contributed by atoms with Gasteiger partial charge >= 0.3 is 6.61 Å². The van der Waals surface area contributed by atoms with Gasteiger partial charge in [-0.05, 0) is 55.7 Å². The number of alkyl halides is 2. The molecule has 0 aliphatic carbocycles. The first-order valence-corrected chi connectivity index (χ1v) is 9.84. The molecular weight excluding hydrogens is 408 g/mol. The summed E-state index contributed by atoms with van der Waals surface area (Å²) in [6.45, 7) is -1.40. The van der Waals surface area contributed by atoms with Gasteiger partial charge in [-0.1, -0.05) is 0 Å². The van der Waals surface area contributed by atoms with Crippen molar-refractivity contribution in [2.75, 3.05) is 23.3 Å². The maximum atomic E-state index is 12.4. The molecule has 0 atom stereocenters. The fourth-order valence-corrected chi connectivity index (χ4v) is 3.61. The normalized spacial score (nSPS) is 14.7. The molecular formula is C20H21F2N7O2. The van der Waals surface area contributed by atoms with Crippen LogP contribution in [0.15, 0.2) is 35.3 Å². The highest BCUT2D eigenvalue weighted by atomic mass is 19.3. The smallest absolute Gasteiger partial charge is 0.387 e. The van der Waals surface area contributed by atoms with Gasteiger partial charge in [0.15, 0.2) is 0 Å². The van der Waals surface area contributed by atoms with Crippen LogP contribution in [0.2, 0.25) is 0 Å². The van der Waals surface area contributed by atoms with E-state index in [4.69, 9.17) is 5.41 Å². The number of hydrogen-bond acceptors (Lipinski definition) is 8. The van der Waals surface area contributed by atoms with Crippen LogP contribution in [0, 0.1) is 11.3 Å². The number of nitrogens with zero attached hydrogens (tertiary/aromatic N) is 4. The summed E-state index contributed by atoms with van der Waals surface area (Å²) in [7, 11) is 0. The lowest BCUT2D eigenvalue weighted by Gasteiger charge is -2.31. The number of hydrogen-bond donors (Lipinski definition) is 3. The zero-order valence-corrected chi connectivity index (χ0v) is 16.5. The zero-order valence-electron chi connectivity index (χ0n) is 16.5. The Morgan fingerprint density at radius 3 is 2.68 bits per heavy atom. The van der Waals surface area contributed by atoms with Crippen molar-refractivity contribution >= 4 is 34.6 Å². The fourth-order valence-electron chi connectivity index (χ4n) is 3.61. The van der Waals surface area contributed by atoms with Crippen LogP contribution in [0.25, 0.3) is 10.9 Å². The molecule has 0 unspecified atom stereocenters. The summed E-state index contributed by atoms with van der Waals surface area (Å²) in [4.78, 5) is 23.5. The molecule has 11 heteroatoms. The third-order valence-corrected chi connectivity index (χ3v) is 5.20. The third kappa shape index (κ3) is 4.76. The standard InChI is InChI=1S/C20H21F2N7O2/c21-19(22)31-14-3-1-13(2-4-14)25-17-16-15(11-24-28-18(16)30)26-20(27-17)29-9-6-12(5-8-23)7-10-29/h1-4,8,11-12,19,23H,5-7,9-10H2,(H,28,30)(H,25,26,27). The van der Waals surface area contributed by atoms with Crippen LogP contribution in [0.3, 0.4) is 0 Å². The number of nitrogens with one attached hydrogen (secondary N) is 3. The number of H-pyrrole nitrogens is 1. The Kier molecular flexibility index (Phi) is 6.01. The monoisotopic (exact) mass is 429 g/mol. The van der Waals surface area contributed by atoms with Gasteiger partial charge in [-0.3, -0.25) is 4.79 Å². The molecule has 1 fully saturated rings. The summed E-state index contributed by atoms with van der Waals surface area (Å²) in [5.41, 5.74) is 0.512. The molecule has 1 aliphatic rings. The number of aromatic amines is 1. The molecule has 0 amide bonds. The van der Waals surface area contributed by atoms with Crippen molar-refractivity contribution in [3.8, 4) is 5.75 Å². The van der Waals surface area contributed by atoms with E-state index in [1.165, 1.54) is 24.5 Å². The predicted octanol–water partition coefficient (Wildman–Crippen LogP) is 3.31. The van der Waals surface area contributed by atoms with Crippen LogP contribution in [-0.2, 0) is 0 Å². The van der Waals surface area contributed by atoms with Crippen LogP contribution in [0.5, 0.6) is 5.75 Å². The van der Waals surface area contributed by atoms with Gasteiger partial charge in [0.05, 0.1) is 6.20 Å². The van der Waals surface area contributed by atoms with Crippen LogP contribution in [0.1, 0.15) is 19.3 Å². The number of aromatic nitrogens is 4. The predicted molar refractivity (Wildman–Crippen MR) is 113 cm³/mol. The average molecular weight is 429 g/mol. The lowest BCUT2D eigenvalue weighted by molar-refractivity contribution is -0.0498. The molecule has 3 aromatic rings. The molecule has 3 N–H and O–H groups in total. The van der Waals surface area contributed by atoms with Gasteiger partial charge < -0.3 is 20.4 Å². The molecule has 2 aromatic heterocycles. The minimum absolute atomic E-state index is 0.0311. The second-order valence-electron chi connectivity index (χ2n) is 7.23. The van der Waals surface area contributed by atoms with Crippen molar-refractivity contribution in [1.82, 2.24) is 20.2 Å². The maximum absolute atomic E-state index is 12.4. The van der Waals surface area contributed by atoms with Gasteiger partial charge in [0, 0.05) is 18.8 Å². The molecule has 3 heterocycles. The van der Waals surface area contributed by atoms with Crippen molar-refractivity contribution in [2.45, 2.75) is 25.9 Å². The highest BCUT2D eigenvalue weighted by molar-refractivity contribution is 5.90. The van der Waals surface area contributed by atoms with Crippen molar-refractivity contribution in [3.63, 3.8) is 0 Å². The number of halogens is 2. The van der Waals surface area contributed by atoms with Gasteiger partial charge in [0.2, 0.25) is 5.95 Å². The number of anilines is 3. The molecule has 4 rings (SSSR count). The lowest BCUT2D eigenvalue weighted by atomic mass is 9.94. The molecule has 31 heavy (non-hydrogen) atoms. The third-order valence-electron chi connectivity index (χ3n) is 5.20. The molecule has 162 valence electrons. The Morgan fingerprint density at radius 1 is 1.26 bits per heavy atom. The largest absolute Gasteiger partial charge is 0.435 e. The van der Waals surface area contributed by atoms with Gasteiger partial charge in [0.1, 0.15) is 22.5 Å². The molecule has 0 saturated carbocycles. The first kappa shape index (κ1) is 20.6. The minimum Gasteiger partial charge on any atom is -0.435 e. The van der Waals surface area contributed by atoms with Crippen molar-refractivity contribution in [3.05, 3.63) is 40.8 Å². The van der Waals surface area contributed by atoms with E-state index in [9.17, 15) is 13.6 Å².